The Bertz CT molecular complexity index is 1070. The molecule has 2 heterocycles. The normalized spacial score (nSPS) is 12.7. The maximum atomic E-state index is 12.3. The van der Waals surface area contributed by atoms with E-state index in [0.717, 1.165) is 16.9 Å². The van der Waals surface area contributed by atoms with E-state index in [-0.39, 0.29) is 11.7 Å². The highest BCUT2D eigenvalue weighted by Crippen LogP contribution is 2.34. The maximum Gasteiger partial charge on any atom is 0.234 e. The smallest absolute Gasteiger partial charge is 0.234 e. The molecule has 1 aromatic heterocycles. The van der Waals surface area contributed by atoms with Gasteiger partial charge in [0, 0.05) is 23.3 Å². The Morgan fingerprint density at radius 3 is 2.83 bits per heavy atom. The number of hydrogen-bond donors (Lipinski definition) is 1. The van der Waals surface area contributed by atoms with Gasteiger partial charge in [-0.3, -0.25) is 4.79 Å². The number of aromatic nitrogens is 3. The van der Waals surface area contributed by atoms with E-state index < -0.39 is 0 Å². The molecule has 0 aliphatic carbocycles. The van der Waals surface area contributed by atoms with Crippen LogP contribution in [0.1, 0.15) is 5.56 Å². The number of carbonyl (C=O) groups is 1. The number of ether oxygens (including phenoxy) is 2. The van der Waals surface area contributed by atoms with Gasteiger partial charge in [-0.05, 0) is 42.8 Å². The summed E-state index contributed by atoms with van der Waals surface area (Å²) in [6.45, 7) is 2.94. The molecule has 1 aliphatic rings. The molecule has 0 spiro atoms. The van der Waals surface area contributed by atoms with Gasteiger partial charge in [-0.2, -0.15) is 0 Å². The Morgan fingerprint density at radius 2 is 2.00 bits per heavy atom. The number of benzene rings is 2. The van der Waals surface area contributed by atoms with Gasteiger partial charge in [-0.25, -0.2) is 0 Å². The summed E-state index contributed by atoms with van der Waals surface area (Å²) in [5, 5.41) is 12.6. The Hall–Kier alpha value is -2.71. The van der Waals surface area contributed by atoms with Crippen molar-refractivity contribution in [2.75, 3.05) is 24.3 Å². The molecule has 0 radical (unpaired) electrons. The summed E-state index contributed by atoms with van der Waals surface area (Å²) in [6, 6.07) is 11.1. The van der Waals surface area contributed by atoms with E-state index in [1.54, 1.807) is 12.1 Å². The van der Waals surface area contributed by atoms with E-state index in [4.69, 9.17) is 21.1 Å². The number of rotatable bonds is 5. The van der Waals surface area contributed by atoms with E-state index in [0.29, 0.717) is 40.7 Å². The largest absolute Gasteiger partial charge is 0.486 e. The fourth-order valence-electron chi connectivity index (χ4n) is 2.93. The van der Waals surface area contributed by atoms with Gasteiger partial charge < -0.3 is 19.4 Å². The van der Waals surface area contributed by atoms with E-state index in [2.05, 4.69) is 15.5 Å². The van der Waals surface area contributed by atoms with Gasteiger partial charge in [0.05, 0.1) is 5.75 Å². The van der Waals surface area contributed by atoms with Crippen LogP contribution in [0.15, 0.2) is 41.6 Å². The molecule has 1 amide bonds. The summed E-state index contributed by atoms with van der Waals surface area (Å²) in [4.78, 5) is 12.3. The van der Waals surface area contributed by atoms with Crippen LogP contribution in [0.5, 0.6) is 11.5 Å². The van der Waals surface area contributed by atoms with Crippen molar-refractivity contribution in [3.8, 4) is 22.9 Å². The van der Waals surface area contributed by atoms with Crippen LogP contribution in [0.25, 0.3) is 11.4 Å². The van der Waals surface area contributed by atoms with Crippen LogP contribution in [-0.4, -0.2) is 39.6 Å². The van der Waals surface area contributed by atoms with Crippen molar-refractivity contribution >= 4 is 35.0 Å². The van der Waals surface area contributed by atoms with Crippen molar-refractivity contribution in [2.24, 2.45) is 7.05 Å². The number of halogens is 1. The molecule has 0 atom stereocenters. The first kappa shape index (κ1) is 19.6. The first-order chi connectivity index (χ1) is 14.0. The van der Waals surface area contributed by atoms with Crippen molar-refractivity contribution < 1.29 is 14.3 Å². The number of amides is 1. The van der Waals surface area contributed by atoms with Gasteiger partial charge in [0.1, 0.15) is 13.2 Å². The predicted octanol–water partition coefficient (Wildman–Crippen LogP) is 3.95. The van der Waals surface area contributed by atoms with Crippen molar-refractivity contribution in [3.63, 3.8) is 0 Å². The zero-order valence-corrected chi connectivity index (χ0v) is 17.5. The van der Waals surface area contributed by atoms with Crippen LogP contribution in [0, 0.1) is 6.92 Å². The molecule has 7 nitrogen and oxygen atoms in total. The van der Waals surface area contributed by atoms with Crippen molar-refractivity contribution in [1.29, 1.82) is 0 Å². The Morgan fingerprint density at radius 1 is 1.21 bits per heavy atom. The zero-order valence-electron chi connectivity index (χ0n) is 15.9. The maximum absolute atomic E-state index is 12.3. The SMILES string of the molecule is Cc1c(Cl)cccc1NC(=O)CSc1nnc(-c2ccc3c(c2)OCCO3)n1C. The lowest BCUT2D eigenvalue weighted by Gasteiger charge is -2.18. The first-order valence-corrected chi connectivity index (χ1v) is 10.4. The number of thioether (sulfide) groups is 1. The van der Waals surface area contributed by atoms with E-state index in [1.165, 1.54) is 11.8 Å². The molecular weight excluding hydrogens is 412 g/mol. The van der Waals surface area contributed by atoms with Crippen molar-refractivity contribution in [2.45, 2.75) is 12.1 Å². The number of carbonyl (C=O) groups excluding carboxylic acids is 1. The van der Waals surface area contributed by atoms with Gasteiger partial charge >= 0.3 is 0 Å². The van der Waals surface area contributed by atoms with Gasteiger partial charge in [0.25, 0.3) is 0 Å². The third-order valence-corrected chi connectivity index (χ3v) is 5.94. The molecule has 150 valence electrons. The highest BCUT2D eigenvalue weighted by atomic mass is 35.5. The van der Waals surface area contributed by atoms with Crippen LogP contribution in [0.3, 0.4) is 0 Å². The summed E-state index contributed by atoms with van der Waals surface area (Å²) in [6.07, 6.45) is 0. The third-order valence-electron chi connectivity index (χ3n) is 4.51. The Balaban J connectivity index is 1.44. The van der Waals surface area contributed by atoms with Crippen molar-refractivity contribution in [1.82, 2.24) is 14.8 Å². The molecule has 0 bridgehead atoms. The third kappa shape index (κ3) is 4.18. The van der Waals surface area contributed by atoms with Gasteiger partial charge in [0.15, 0.2) is 22.5 Å². The number of fused-ring (bicyclic) bond motifs is 1. The van der Waals surface area contributed by atoms with Gasteiger partial charge in [-0.15, -0.1) is 10.2 Å². The Labute approximate surface area is 177 Å². The second-order valence-corrected chi connectivity index (χ2v) is 7.82. The highest BCUT2D eigenvalue weighted by Gasteiger charge is 2.17. The van der Waals surface area contributed by atoms with E-state index in [1.807, 2.05) is 42.8 Å². The monoisotopic (exact) mass is 430 g/mol. The molecule has 0 fully saturated rings. The molecule has 3 aromatic rings. The van der Waals surface area contributed by atoms with E-state index >= 15 is 0 Å². The summed E-state index contributed by atoms with van der Waals surface area (Å²) >= 11 is 7.42. The average Bonchev–Trinajstić information content (AvgIpc) is 3.10. The van der Waals surface area contributed by atoms with Crippen LogP contribution < -0.4 is 14.8 Å². The minimum absolute atomic E-state index is 0.135. The second kappa shape index (κ2) is 8.34. The van der Waals surface area contributed by atoms with Crippen LogP contribution in [0.2, 0.25) is 5.02 Å². The molecule has 0 saturated heterocycles. The molecule has 1 N–H and O–H groups in total. The van der Waals surface area contributed by atoms with E-state index in [9.17, 15) is 4.79 Å². The predicted molar refractivity (Wildman–Crippen MR) is 113 cm³/mol. The van der Waals surface area contributed by atoms with Crippen molar-refractivity contribution in [3.05, 3.63) is 47.0 Å². The fraction of sp³-hybridized carbons (Fsp3) is 0.250. The van der Waals surface area contributed by atoms with Gasteiger partial charge in [0.2, 0.25) is 5.91 Å². The lowest BCUT2D eigenvalue weighted by Crippen LogP contribution is -2.15. The zero-order chi connectivity index (χ0) is 20.4. The standard InChI is InChI=1S/C20H19ClN4O3S/c1-12-14(21)4-3-5-15(12)22-18(26)11-29-20-24-23-19(25(20)2)13-6-7-16-17(10-13)28-9-8-27-16/h3-7,10H,8-9,11H2,1-2H3,(H,22,26). The van der Waals surface area contributed by atoms with Crippen LogP contribution in [0.4, 0.5) is 5.69 Å². The first-order valence-electron chi connectivity index (χ1n) is 9.00. The lowest BCUT2D eigenvalue weighted by atomic mass is 10.2. The summed E-state index contributed by atoms with van der Waals surface area (Å²) < 4.78 is 13.0. The fourth-order valence-corrected chi connectivity index (χ4v) is 3.82. The molecule has 4 rings (SSSR count). The summed E-state index contributed by atoms with van der Waals surface area (Å²) in [5.74, 6) is 2.19. The number of nitrogens with zero attached hydrogens (tertiary/aromatic N) is 3. The summed E-state index contributed by atoms with van der Waals surface area (Å²) in [5.41, 5.74) is 2.42. The topological polar surface area (TPSA) is 78.3 Å². The van der Waals surface area contributed by atoms with Gasteiger partial charge in [-0.1, -0.05) is 29.4 Å². The Kier molecular flexibility index (Phi) is 5.64. The molecule has 9 heteroatoms. The second-order valence-electron chi connectivity index (χ2n) is 6.47. The minimum atomic E-state index is -0.135. The highest BCUT2D eigenvalue weighted by molar-refractivity contribution is 7.99. The number of hydrogen-bond acceptors (Lipinski definition) is 6. The summed E-state index contributed by atoms with van der Waals surface area (Å²) in [7, 11) is 1.87. The quantitative estimate of drug-likeness (QED) is 0.617. The molecule has 29 heavy (non-hydrogen) atoms. The molecule has 1 aliphatic heterocycles. The minimum Gasteiger partial charge on any atom is -0.486 e. The average molecular weight is 431 g/mol. The molecule has 0 saturated carbocycles. The van der Waals surface area contributed by atoms with Crippen LogP contribution in [-0.2, 0) is 11.8 Å². The number of anilines is 1. The number of nitrogens with one attached hydrogen (secondary N) is 1. The van der Waals surface area contributed by atoms with Crippen LogP contribution >= 0.6 is 23.4 Å². The molecule has 2 aromatic carbocycles. The molecular formula is C20H19ClN4O3S. The lowest BCUT2D eigenvalue weighted by molar-refractivity contribution is -0.113. The molecule has 0 unspecified atom stereocenters.